The van der Waals surface area contributed by atoms with Crippen LogP contribution in [0.25, 0.3) is 43.6 Å². The predicted molar refractivity (Wildman–Crippen MR) is 245 cm³/mol. The minimum Gasteiger partial charge on any atom is -0.493 e. The summed E-state index contributed by atoms with van der Waals surface area (Å²) >= 11 is 0. The molecule has 2 aliphatic rings. The zero-order valence-corrected chi connectivity index (χ0v) is 36.7. The van der Waals surface area contributed by atoms with E-state index in [1.165, 1.54) is 6.92 Å². The van der Waals surface area contributed by atoms with Crippen molar-refractivity contribution in [2.24, 2.45) is 0 Å². The van der Waals surface area contributed by atoms with Gasteiger partial charge in [0.2, 0.25) is 5.91 Å². The second-order valence-electron chi connectivity index (χ2n) is 16.9. The standard InChI is InChI=1S/C25H25N3O4.C25H27N3O3/c1-15-10-17-11-18(4-5-20(17)27-15)32-22-6-9-26-21-13-24(23(30-3)12-19(21)22)31-14-25(7-8-25)28-16(2)29;1-16-11-17-12-18(5-6-20(17)27-16)31-22-7-10-26-21-14-24(23(29-4)13-19(21)22)30-15-25(8-9-25)28(2)3/h4-6,9-13,27H,7-8,14H2,1-3H3,(H,28,29);5-7,10-14,27H,8-9,15H2,1-4H3. The molecule has 4 aromatic heterocycles. The zero-order chi connectivity index (χ0) is 43.9. The van der Waals surface area contributed by atoms with E-state index < -0.39 is 0 Å². The third-order valence-electron chi connectivity index (χ3n) is 12.0. The van der Waals surface area contributed by atoms with Crippen molar-refractivity contribution < 1.29 is 33.2 Å². The fourth-order valence-electron chi connectivity index (χ4n) is 7.99. The topological polar surface area (TPSA) is 145 Å². The Hall–Kier alpha value is -6.99. The molecule has 4 heterocycles. The fraction of sp³-hybridized carbons (Fsp3) is 0.300. The van der Waals surface area contributed by atoms with Crippen molar-refractivity contribution in [1.29, 1.82) is 0 Å². The number of H-pyrrole nitrogens is 2. The number of aromatic nitrogens is 4. The Morgan fingerprint density at radius 3 is 1.56 bits per heavy atom. The van der Waals surface area contributed by atoms with Crippen molar-refractivity contribution in [1.82, 2.24) is 30.2 Å². The van der Waals surface area contributed by atoms with Crippen molar-refractivity contribution >= 4 is 49.5 Å². The Morgan fingerprint density at radius 1 is 0.635 bits per heavy atom. The predicted octanol–water partition coefficient (Wildman–Crippen LogP) is 10.2. The molecule has 2 saturated carbocycles. The zero-order valence-electron chi connectivity index (χ0n) is 36.7. The second kappa shape index (κ2) is 16.7. The summed E-state index contributed by atoms with van der Waals surface area (Å²) in [6, 6.07) is 27.5. The molecular formula is C50H52N6O7. The third kappa shape index (κ3) is 8.87. The van der Waals surface area contributed by atoms with Crippen molar-refractivity contribution in [3.05, 3.63) is 109 Å². The first-order valence-corrected chi connectivity index (χ1v) is 21.1. The minimum absolute atomic E-state index is 0.0481. The molecular weight excluding hydrogens is 797 g/mol. The highest BCUT2D eigenvalue weighted by Crippen LogP contribution is 2.44. The van der Waals surface area contributed by atoms with Gasteiger partial charge in [0.1, 0.15) is 36.2 Å². The minimum atomic E-state index is -0.278. The molecule has 13 nitrogen and oxygen atoms in total. The quantitative estimate of drug-likeness (QED) is 0.0967. The van der Waals surface area contributed by atoms with E-state index in [2.05, 4.69) is 56.4 Å². The van der Waals surface area contributed by atoms with Gasteiger partial charge in [0, 0.05) is 75.4 Å². The third-order valence-corrected chi connectivity index (χ3v) is 12.0. The van der Waals surface area contributed by atoms with Gasteiger partial charge in [-0.3, -0.25) is 14.8 Å². The van der Waals surface area contributed by atoms with E-state index in [0.29, 0.717) is 42.0 Å². The molecule has 63 heavy (non-hydrogen) atoms. The summed E-state index contributed by atoms with van der Waals surface area (Å²) in [5.41, 5.74) is 5.80. The number of hydrogen-bond acceptors (Lipinski definition) is 10. The van der Waals surface area contributed by atoms with Crippen molar-refractivity contribution in [3.8, 4) is 46.0 Å². The van der Waals surface area contributed by atoms with Crippen LogP contribution < -0.4 is 33.7 Å². The monoisotopic (exact) mass is 848 g/mol. The molecule has 0 spiro atoms. The van der Waals surface area contributed by atoms with Crippen LogP contribution in [0.3, 0.4) is 0 Å². The molecule has 0 atom stereocenters. The maximum absolute atomic E-state index is 11.5. The van der Waals surface area contributed by atoms with E-state index in [-0.39, 0.29) is 17.0 Å². The largest absolute Gasteiger partial charge is 0.493 e. The molecule has 0 aliphatic heterocycles. The first-order chi connectivity index (χ1) is 30.4. The van der Waals surface area contributed by atoms with Gasteiger partial charge in [0.25, 0.3) is 0 Å². The average molecular weight is 849 g/mol. The van der Waals surface area contributed by atoms with Gasteiger partial charge >= 0.3 is 0 Å². The lowest BCUT2D eigenvalue weighted by Crippen LogP contribution is -2.40. The Morgan fingerprint density at radius 2 is 1.13 bits per heavy atom. The summed E-state index contributed by atoms with van der Waals surface area (Å²) in [6.07, 6.45) is 7.59. The number of pyridine rings is 2. The van der Waals surface area contributed by atoms with E-state index in [1.807, 2.05) is 86.6 Å². The van der Waals surface area contributed by atoms with Gasteiger partial charge in [-0.15, -0.1) is 0 Å². The van der Waals surface area contributed by atoms with Crippen LogP contribution in [0.4, 0.5) is 0 Å². The van der Waals surface area contributed by atoms with Crippen LogP contribution >= 0.6 is 0 Å². The smallest absolute Gasteiger partial charge is 0.217 e. The highest BCUT2D eigenvalue weighted by Gasteiger charge is 2.46. The molecule has 0 bridgehead atoms. The fourth-order valence-corrected chi connectivity index (χ4v) is 7.99. The van der Waals surface area contributed by atoms with Crippen LogP contribution in [0, 0.1) is 13.8 Å². The number of methoxy groups -OCH3 is 2. The Balaban J connectivity index is 0.000000160. The maximum atomic E-state index is 11.5. The number of nitrogens with zero attached hydrogens (tertiary/aromatic N) is 3. The summed E-state index contributed by atoms with van der Waals surface area (Å²) in [5, 5.41) is 6.91. The van der Waals surface area contributed by atoms with Gasteiger partial charge in [-0.05, 0) is 126 Å². The average Bonchev–Trinajstić information content (AvgIpc) is 4.16. The number of aromatic amines is 2. The number of carbonyl (C=O) groups is 1. The summed E-state index contributed by atoms with van der Waals surface area (Å²) in [4.78, 5) is 29.4. The van der Waals surface area contributed by atoms with Gasteiger partial charge in [-0.2, -0.15) is 0 Å². The van der Waals surface area contributed by atoms with E-state index in [9.17, 15) is 4.79 Å². The number of nitrogens with one attached hydrogen (secondary N) is 3. The molecule has 0 unspecified atom stereocenters. The van der Waals surface area contributed by atoms with Crippen LogP contribution in [0.15, 0.2) is 97.3 Å². The first-order valence-electron chi connectivity index (χ1n) is 21.1. The lowest BCUT2D eigenvalue weighted by molar-refractivity contribution is -0.120. The SMILES string of the molecule is COc1cc2c(Oc3ccc4[nH]c(C)cc4c3)ccnc2cc1OCC1(N(C)C)CC1.COc1cc2c(Oc3ccc4[nH]c(C)cc4c3)ccnc2cc1OCC1(NC(C)=O)CC1. The number of likely N-dealkylation sites (N-methyl/N-ethyl adjacent to an activating group) is 1. The molecule has 1 amide bonds. The van der Waals surface area contributed by atoms with E-state index in [0.717, 1.165) is 97.9 Å². The van der Waals surface area contributed by atoms with Gasteiger partial charge in [0.05, 0.1) is 36.3 Å². The van der Waals surface area contributed by atoms with E-state index in [1.54, 1.807) is 26.6 Å². The number of benzene rings is 4. The number of aryl methyl sites for hydroxylation is 2. The molecule has 4 aromatic carbocycles. The van der Waals surface area contributed by atoms with E-state index >= 15 is 0 Å². The molecule has 8 aromatic rings. The number of ether oxygens (including phenoxy) is 6. The molecule has 2 fully saturated rings. The number of rotatable bonds is 14. The Bertz CT molecular complexity index is 2980. The molecule has 10 rings (SSSR count). The summed E-state index contributed by atoms with van der Waals surface area (Å²) < 4.78 is 35.9. The summed E-state index contributed by atoms with van der Waals surface area (Å²) in [7, 11) is 7.47. The van der Waals surface area contributed by atoms with Gasteiger partial charge in [0.15, 0.2) is 23.0 Å². The second-order valence-corrected chi connectivity index (χ2v) is 16.9. The lowest BCUT2D eigenvalue weighted by Gasteiger charge is -2.24. The Labute approximate surface area is 365 Å². The van der Waals surface area contributed by atoms with Gasteiger partial charge in [-0.1, -0.05) is 0 Å². The number of amides is 1. The summed E-state index contributed by atoms with van der Waals surface area (Å²) in [5.74, 6) is 5.45. The van der Waals surface area contributed by atoms with Crippen molar-refractivity contribution in [3.63, 3.8) is 0 Å². The highest BCUT2D eigenvalue weighted by molar-refractivity contribution is 5.90. The van der Waals surface area contributed by atoms with Gasteiger partial charge < -0.3 is 48.6 Å². The number of fused-ring (bicyclic) bond motifs is 4. The van der Waals surface area contributed by atoms with Crippen LogP contribution in [-0.4, -0.2) is 83.3 Å². The van der Waals surface area contributed by atoms with Crippen LogP contribution in [0.1, 0.15) is 44.0 Å². The van der Waals surface area contributed by atoms with Crippen molar-refractivity contribution in [2.45, 2.75) is 57.5 Å². The molecule has 324 valence electrons. The van der Waals surface area contributed by atoms with Crippen LogP contribution in [0.2, 0.25) is 0 Å². The maximum Gasteiger partial charge on any atom is 0.217 e. The van der Waals surface area contributed by atoms with Crippen molar-refractivity contribution in [2.75, 3.05) is 41.5 Å². The van der Waals surface area contributed by atoms with Crippen LogP contribution in [0.5, 0.6) is 46.0 Å². The number of carbonyl (C=O) groups excluding carboxylic acids is 1. The lowest BCUT2D eigenvalue weighted by atomic mass is 10.1. The first kappa shape index (κ1) is 41.4. The normalized spacial score (nSPS) is 14.6. The highest BCUT2D eigenvalue weighted by atomic mass is 16.5. The van der Waals surface area contributed by atoms with E-state index in [4.69, 9.17) is 28.4 Å². The van der Waals surface area contributed by atoms with Gasteiger partial charge in [-0.25, -0.2) is 0 Å². The van der Waals surface area contributed by atoms with Crippen LogP contribution in [-0.2, 0) is 4.79 Å². The summed E-state index contributed by atoms with van der Waals surface area (Å²) in [6.45, 7) is 6.63. The molecule has 13 heteroatoms. The Kier molecular flexibility index (Phi) is 11.0. The molecule has 2 aliphatic carbocycles. The molecule has 3 N–H and O–H groups in total. The molecule has 0 radical (unpaired) electrons. The number of hydrogen-bond donors (Lipinski definition) is 3. The molecule has 0 saturated heterocycles.